The molecule has 10 heteroatoms. The topological polar surface area (TPSA) is 152 Å². The number of carbonyl (C=O) groups excluding carboxylic acids is 2. The summed E-state index contributed by atoms with van der Waals surface area (Å²) < 4.78 is 7.15. The lowest BCUT2D eigenvalue weighted by Gasteiger charge is -2.41. The van der Waals surface area contributed by atoms with Gasteiger partial charge in [0.25, 0.3) is 5.91 Å². The number of nitrogens with one attached hydrogen (secondary N) is 1. The number of carbonyl (C=O) groups is 2. The maximum absolute atomic E-state index is 12.4. The van der Waals surface area contributed by atoms with Crippen LogP contribution in [-0.2, 0) is 10.3 Å². The summed E-state index contributed by atoms with van der Waals surface area (Å²) >= 11 is 0. The number of ether oxygens (including phenoxy) is 1. The fraction of sp³-hybridized carbons (Fsp3) is 0.455. The number of hydrogen-bond donors (Lipinski definition) is 3. The SMILES string of the molecule is CC(C)(C)OC(=O)N1CCC(CN)(n2cc(C(N)=O)c(Nc3ccc(C#N)cc3)n2)CC1. The van der Waals surface area contributed by atoms with Gasteiger partial charge in [-0.2, -0.15) is 10.4 Å². The summed E-state index contributed by atoms with van der Waals surface area (Å²) in [6, 6.07) is 8.83. The minimum Gasteiger partial charge on any atom is -0.444 e. The average molecular weight is 440 g/mol. The first-order valence-electron chi connectivity index (χ1n) is 10.4. The van der Waals surface area contributed by atoms with Crippen molar-refractivity contribution in [2.75, 3.05) is 25.0 Å². The summed E-state index contributed by atoms with van der Waals surface area (Å²) in [4.78, 5) is 26.1. The van der Waals surface area contributed by atoms with E-state index in [0.717, 1.165) is 0 Å². The van der Waals surface area contributed by atoms with Gasteiger partial charge in [-0.25, -0.2) is 4.79 Å². The number of piperidine rings is 1. The van der Waals surface area contributed by atoms with Crippen molar-refractivity contribution < 1.29 is 14.3 Å². The molecule has 0 atom stereocenters. The van der Waals surface area contributed by atoms with E-state index in [2.05, 4.69) is 16.5 Å². The number of aromatic nitrogens is 2. The van der Waals surface area contributed by atoms with Crippen molar-refractivity contribution >= 4 is 23.5 Å². The molecule has 170 valence electrons. The zero-order valence-electron chi connectivity index (χ0n) is 18.6. The molecule has 10 nitrogen and oxygen atoms in total. The summed E-state index contributed by atoms with van der Waals surface area (Å²) in [6.45, 7) is 6.68. The predicted octanol–water partition coefficient (Wildman–Crippen LogP) is 2.28. The quantitative estimate of drug-likeness (QED) is 0.646. The molecule has 0 unspecified atom stereocenters. The Labute approximate surface area is 187 Å². The molecule has 32 heavy (non-hydrogen) atoms. The Kier molecular flexibility index (Phi) is 6.41. The van der Waals surface area contributed by atoms with E-state index in [-0.39, 0.29) is 18.2 Å². The molecule has 5 N–H and O–H groups in total. The first kappa shape index (κ1) is 23.1. The van der Waals surface area contributed by atoms with Crippen molar-refractivity contribution in [3.05, 3.63) is 41.6 Å². The molecule has 2 amide bonds. The molecule has 0 aliphatic carbocycles. The van der Waals surface area contributed by atoms with Crippen molar-refractivity contribution in [3.63, 3.8) is 0 Å². The molecule has 0 saturated carbocycles. The van der Waals surface area contributed by atoms with E-state index in [9.17, 15) is 9.59 Å². The van der Waals surface area contributed by atoms with E-state index in [4.69, 9.17) is 21.5 Å². The van der Waals surface area contributed by atoms with Crippen LogP contribution in [-0.4, -0.2) is 51.9 Å². The number of benzene rings is 1. The predicted molar refractivity (Wildman–Crippen MR) is 119 cm³/mol. The fourth-order valence-electron chi connectivity index (χ4n) is 3.61. The third-order valence-electron chi connectivity index (χ3n) is 5.47. The Balaban J connectivity index is 1.81. The highest BCUT2D eigenvalue weighted by molar-refractivity contribution is 5.98. The molecule has 0 spiro atoms. The number of nitrogens with zero attached hydrogens (tertiary/aromatic N) is 4. The van der Waals surface area contributed by atoms with Crippen LogP contribution < -0.4 is 16.8 Å². The normalized spacial score (nSPS) is 15.7. The second kappa shape index (κ2) is 8.88. The highest BCUT2D eigenvalue weighted by atomic mass is 16.6. The summed E-state index contributed by atoms with van der Waals surface area (Å²) in [7, 11) is 0. The largest absolute Gasteiger partial charge is 0.444 e. The summed E-state index contributed by atoms with van der Waals surface area (Å²) in [6.07, 6.45) is 2.35. The zero-order valence-corrected chi connectivity index (χ0v) is 18.6. The highest BCUT2D eigenvalue weighted by Gasteiger charge is 2.39. The van der Waals surface area contributed by atoms with Gasteiger partial charge in [0.15, 0.2) is 5.82 Å². The van der Waals surface area contributed by atoms with Gasteiger partial charge in [0.1, 0.15) is 11.2 Å². The van der Waals surface area contributed by atoms with Crippen LogP contribution in [0.4, 0.5) is 16.3 Å². The minimum atomic E-state index is -0.620. The van der Waals surface area contributed by atoms with Gasteiger partial charge in [-0.05, 0) is 57.9 Å². The molecule has 2 aromatic rings. The van der Waals surface area contributed by atoms with Crippen LogP contribution in [0.15, 0.2) is 30.5 Å². The van der Waals surface area contributed by atoms with Gasteiger partial charge in [-0.1, -0.05) is 0 Å². The number of likely N-dealkylation sites (tertiary alicyclic amines) is 1. The molecule has 1 aromatic carbocycles. The lowest BCUT2D eigenvalue weighted by molar-refractivity contribution is 0.0110. The molecular formula is C22H29N7O3. The lowest BCUT2D eigenvalue weighted by atomic mass is 9.88. The molecule has 0 radical (unpaired) electrons. The van der Waals surface area contributed by atoms with Crippen LogP contribution in [0.3, 0.4) is 0 Å². The van der Waals surface area contributed by atoms with Crippen molar-refractivity contribution in [2.45, 2.75) is 44.8 Å². The van der Waals surface area contributed by atoms with Gasteiger partial charge < -0.3 is 26.4 Å². The van der Waals surface area contributed by atoms with Crippen LogP contribution in [0.1, 0.15) is 49.5 Å². The smallest absolute Gasteiger partial charge is 0.410 e. The van der Waals surface area contributed by atoms with Crippen molar-refractivity contribution in [2.24, 2.45) is 11.5 Å². The van der Waals surface area contributed by atoms with Crippen LogP contribution >= 0.6 is 0 Å². The summed E-state index contributed by atoms with van der Waals surface area (Å²) in [5, 5.41) is 16.6. The number of amides is 2. The first-order valence-corrected chi connectivity index (χ1v) is 10.4. The van der Waals surface area contributed by atoms with E-state index < -0.39 is 17.0 Å². The average Bonchev–Trinajstić information content (AvgIpc) is 3.18. The van der Waals surface area contributed by atoms with Gasteiger partial charge in [0.05, 0.1) is 17.2 Å². The molecule has 2 heterocycles. The van der Waals surface area contributed by atoms with Crippen molar-refractivity contribution in [1.29, 1.82) is 5.26 Å². The van der Waals surface area contributed by atoms with E-state index in [1.165, 1.54) is 0 Å². The lowest BCUT2D eigenvalue weighted by Crippen LogP contribution is -2.52. The van der Waals surface area contributed by atoms with Crippen LogP contribution in [0.2, 0.25) is 0 Å². The molecule has 1 saturated heterocycles. The van der Waals surface area contributed by atoms with E-state index in [1.807, 2.05) is 20.8 Å². The maximum Gasteiger partial charge on any atom is 0.410 e. The molecule has 1 aliphatic heterocycles. The molecule has 1 fully saturated rings. The van der Waals surface area contributed by atoms with Gasteiger partial charge in [-0.15, -0.1) is 0 Å². The van der Waals surface area contributed by atoms with Gasteiger partial charge in [0, 0.05) is 31.5 Å². The number of rotatable bonds is 5. The monoisotopic (exact) mass is 439 g/mol. The highest BCUT2D eigenvalue weighted by Crippen LogP contribution is 2.32. The molecular weight excluding hydrogens is 410 g/mol. The first-order chi connectivity index (χ1) is 15.1. The Hall–Kier alpha value is -3.58. The Morgan fingerprint density at radius 1 is 1.25 bits per heavy atom. The molecule has 1 aliphatic rings. The van der Waals surface area contributed by atoms with Crippen LogP contribution in [0, 0.1) is 11.3 Å². The third-order valence-corrected chi connectivity index (χ3v) is 5.47. The van der Waals surface area contributed by atoms with Gasteiger partial charge in [0.2, 0.25) is 0 Å². The minimum absolute atomic E-state index is 0.233. The standard InChI is InChI=1S/C22H29N7O3/c1-21(2,3)32-20(31)28-10-8-22(14-24,9-11-28)29-13-17(18(25)30)19(27-29)26-16-6-4-15(12-23)5-7-16/h4-7,13H,8-11,14,24H2,1-3H3,(H2,25,30)(H,26,27). The van der Waals surface area contributed by atoms with E-state index >= 15 is 0 Å². The second-order valence-electron chi connectivity index (χ2n) is 8.91. The van der Waals surface area contributed by atoms with Crippen LogP contribution in [0.5, 0.6) is 0 Å². The number of primary amides is 1. The second-order valence-corrected chi connectivity index (χ2v) is 8.91. The Morgan fingerprint density at radius 3 is 2.38 bits per heavy atom. The molecule has 3 rings (SSSR count). The third kappa shape index (κ3) is 5.00. The van der Waals surface area contributed by atoms with Crippen molar-refractivity contribution in [3.8, 4) is 6.07 Å². The maximum atomic E-state index is 12.4. The number of nitrogens with two attached hydrogens (primary N) is 2. The Morgan fingerprint density at radius 2 is 1.88 bits per heavy atom. The zero-order chi connectivity index (χ0) is 23.5. The molecule has 0 bridgehead atoms. The van der Waals surface area contributed by atoms with Crippen molar-refractivity contribution in [1.82, 2.24) is 14.7 Å². The molecule has 1 aromatic heterocycles. The van der Waals surface area contributed by atoms with Gasteiger partial charge >= 0.3 is 6.09 Å². The number of anilines is 2. The number of hydrogen-bond acceptors (Lipinski definition) is 7. The Bertz CT molecular complexity index is 1020. The van der Waals surface area contributed by atoms with E-state index in [0.29, 0.717) is 43.0 Å². The fourth-order valence-corrected chi connectivity index (χ4v) is 3.61. The number of nitriles is 1. The summed E-state index contributed by atoms with van der Waals surface area (Å²) in [5.41, 5.74) is 12.0. The van der Waals surface area contributed by atoms with Crippen LogP contribution in [0.25, 0.3) is 0 Å². The van der Waals surface area contributed by atoms with Gasteiger partial charge in [-0.3, -0.25) is 9.48 Å². The summed E-state index contributed by atoms with van der Waals surface area (Å²) in [5.74, 6) is -0.310. The van der Waals surface area contributed by atoms with E-state index in [1.54, 1.807) is 40.0 Å².